The third-order valence-corrected chi connectivity index (χ3v) is 1.80. The average Bonchev–Trinajstić information content (AvgIpc) is 2.53. The number of rotatable bonds is 5. The van der Waals surface area contributed by atoms with E-state index in [0.717, 1.165) is 19.4 Å². The van der Waals surface area contributed by atoms with Gasteiger partial charge in [-0.05, 0) is 6.42 Å². The van der Waals surface area contributed by atoms with Gasteiger partial charge < -0.3 is 19.3 Å². The number of aliphatic hydroxyl groups is 1. The molecule has 1 aliphatic rings. The average molecular weight is 176 g/mol. The molecule has 72 valence electrons. The Labute approximate surface area is 72.4 Å². The molecule has 0 aromatic rings. The standard InChI is InChI=1S/C8H16O4/c1-10-4-2-3-8-11-6-7(5-9)12-8/h7-9H,2-6H2,1H3. The lowest BCUT2D eigenvalue weighted by atomic mass is 10.3. The Morgan fingerprint density at radius 2 is 2.42 bits per heavy atom. The Morgan fingerprint density at radius 3 is 3.00 bits per heavy atom. The lowest BCUT2D eigenvalue weighted by molar-refractivity contribution is -0.0721. The molecule has 0 radical (unpaired) electrons. The van der Waals surface area contributed by atoms with Gasteiger partial charge in [-0.3, -0.25) is 0 Å². The van der Waals surface area contributed by atoms with Crippen LogP contribution in [0.15, 0.2) is 0 Å². The first-order valence-electron chi connectivity index (χ1n) is 4.23. The van der Waals surface area contributed by atoms with Crippen molar-refractivity contribution in [2.24, 2.45) is 0 Å². The molecule has 12 heavy (non-hydrogen) atoms. The van der Waals surface area contributed by atoms with E-state index in [-0.39, 0.29) is 19.0 Å². The van der Waals surface area contributed by atoms with E-state index in [4.69, 9.17) is 19.3 Å². The summed E-state index contributed by atoms with van der Waals surface area (Å²) in [5.74, 6) is 0. The van der Waals surface area contributed by atoms with Crippen molar-refractivity contribution in [1.29, 1.82) is 0 Å². The maximum Gasteiger partial charge on any atom is 0.158 e. The van der Waals surface area contributed by atoms with Crippen LogP contribution in [-0.2, 0) is 14.2 Å². The molecular formula is C8H16O4. The van der Waals surface area contributed by atoms with Gasteiger partial charge in [-0.15, -0.1) is 0 Å². The molecule has 0 aliphatic carbocycles. The van der Waals surface area contributed by atoms with Crippen LogP contribution in [-0.4, -0.2) is 44.4 Å². The zero-order valence-corrected chi connectivity index (χ0v) is 7.36. The third-order valence-electron chi connectivity index (χ3n) is 1.80. The Bertz CT molecular complexity index is 118. The zero-order chi connectivity index (χ0) is 8.81. The highest BCUT2D eigenvalue weighted by molar-refractivity contribution is 4.63. The van der Waals surface area contributed by atoms with Gasteiger partial charge in [-0.2, -0.15) is 0 Å². The topological polar surface area (TPSA) is 47.9 Å². The van der Waals surface area contributed by atoms with Crippen LogP contribution in [0, 0.1) is 0 Å². The Morgan fingerprint density at radius 1 is 1.58 bits per heavy atom. The van der Waals surface area contributed by atoms with E-state index >= 15 is 0 Å². The smallest absolute Gasteiger partial charge is 0.158 e. The van der Waals surface area contributed by atoms with Crippen molar-refractivity contribution in [3.8, 4) is 0 Å². The summed E-state index contributed by atoms with van der Waals surface area (Å²) in [5, 5.41) is 8.73. The van der Waals surface area contributed by atoms with Gasteiger partial charge in [-0.25, -0.2) is 0 Å². The zero-order valence-electron chi connectivity index (χ0n) is 7.36. The van der Waals surface area contributed by atoms with Gasteiger partial charge in [0, 0.05) is 20.1 Å². The van der Waals surface area contributed by atoms with Crippen molar-refractivity contribution in [3.63, 3.8) is 0 Å². The SMILES string of the molecule is COCCCC1OCC(CO)O1. The second-order valence-electron chi connectivity index (χ2n) is 2.84. The molecule has 4 heteroatoms. The molecule has 0 amide bonds. The Balaban J connectivity index is 2.03. The predicted octanol–water partition coefficient (Wildman–Crippen LogP) is 0.147. The maximum absolute atomic E-state index is 8.73. The number of ether oxygens (including phenoxy) is 3. The Hall–Kier alpha value is -0.160. The molecular weight excluding hydrogens is 160 g/mol. The van der Waals surface area contributed by atoms with Gasteiger partial charge in [0.1, 0.15) is 6.10 Å². The van der Waals surface area contributed by atoms with Gasteiger partial charge in [-0.1, -0.05) is 0 Å². The summed E-state index contributed by atoms with van der Waals surface area (Å²) in [5.41, 5.74) is 0. The van der Waals surface area contributed by atoms with E-state index in [1.807, 2.05) is 0 Å². The minimum atomic E-state index is -0.141. The maximum atomic E-state index is 8.73. The fraction of sp³-hybridized carbons (Fsp3) is 1.00. The molecule has 1 fully saturated rings. The van der Waals surface area contributed by atoms with E-state index in [1.165, 1.54) is 0 Å². The van der Waals surface area contributed by atoms with Crippen LogP contribution >= 0.6 is 0 Å². The number of hydrogen-bond donors (Lipinski definition) is 1. The monoisotopic (exact) mass is 176 g/mol. The van der Waals surface area contributed by atoms with E-state index in [0.29, 0.717) is 6.61 Å². The molecule has 1 aliphatic heterocycles. The van der Waals surface area contributed by atoms with E-state index < -0.39 is 0 Å². The molecule has 1 N–H and O–H groups in total. The molecule has 2 atom stereocenters. The summed E-state index contributed by atoms with van der Waals surface area (Å²) in [6.45, 7) is 1.28. The highest BCUT2D eigenvalue weighted by atomic mass is 16.7. The lowest BCUT2D eigenvalue weighted by Crippen LogP contribution is -2.16. The minimum Gasteiger partial charge on any atom is -0.394 e. The summed E-state index contributed by atoms with van der Waals surface area (Å²) in [6.07, 6.45) is 1.50. The summed E-state index contributed by atoms with van der Waals surface area (Å²) < 4.78 is 15.5. The summed E-state index contributed by atoms with van der Waals surface area (Å²) in [4.78, 5) is 0. The summed E-state index contributed by atoms with van der Waals surface area (Å²) >= 11 is 0. The molecule has 1 rings (SSSR count). The van der Waals surface area contributed by atoms with Crippen LogP contribution in [0.25, 0.3) is 0 Å². The quantitative estimate of drug-likeness (QED) is 0.606. The van der Waals surface area contributed by atoms with Crippen molar-refractivity contribution >= 4 is 0 Å². The van der Waals surface area contributed by atoms with Crippen molar-refractivity contribution in [2.45, 2.75) is 25.2 Å². The van der Waals surface area contributed by atoms with E-state index in [1.54, 1.807) is 7.11 Å². The molecule has 0 spiro atoms. The largest absolute Gasteiger partial charge is 0.394 e. The van der Waals surface area contributed by atoms with E-state index in [2.05, 4.69) is 0 Å². The summed E-state index contributed by atoms with van der Waals surface area (Å²) in [7, 11) is 1.67. The summed E-state index contributed by atoms with van der Waals surface area (Å²) in [6, 6.07) is 0. The molecule has 0 saturated carbocycles. The number of hydrogen-bond acceptors (Lipinski definition) is 4. The van der Waals surface area contributed by atoms with Crippen molar-refractivity contribution < 1.29 is 19.3 Å². The van der Waals surface area contributed by atoms with Crippen LogP contribution in [0.4, 0.5) is 0 Å². The molecule has 2 unspecified atom stereocenters. The highest BCUT2D eigenvalue weighted by Gasteiger charge is 2.24. The van der Waals surface area contributed by atoms with Crippen LogP contribution in [0.2, 0.25) is 0 Å². The molecule has 1 heterocycles. The molecule has 0 bridgehead atoms. The van der Waals surface area contributed by atoms with Crippen LogP contribution in [0.3, 0.4) is 0 Å². The third kappa shape index (κ3) is 3.06. The predicted molar refractivity (Wildman–Crippen MR) is 42.8 cm³/mol. The van der Waals surface area contributed by atoms with Crippen molar-refractivity contribution in [2.75, 3.05) is 26.9 Å². The minimum absolute atomic E-state index is 0.0424. The lowest BCUT2D eigenvalue weighted by Gasteiger charge is -2.09. The van der Waals surface area contributed by atoms with Gasteiger partial charge in [0.15, 0.2) is 6.29 Å². The molecule has 4 nitrogen and oxygen atoms in total. The Kier molecular flexibility index (Phi) is 4.53. The van der Waals surface area contributed by atoms with Crippen LogP contribution in [0.1, 0.15) is 12.8 Å². The normalized spacial score (nSPS) is 29.5. The van der Waals surface area contributed by atoms with E-state index in [9.17, 15) is 0 Å². The highest BCUT2D eigenvalue weighted by Crippen LogP contribution is 2.15. The van der Waals surface area contributed by atoms with Gasteiger partial charge in [0.05, 0.1) is 13.2 Å². The van der Waals surface area contributed by atoms with Gasteiger partial charge >= 0.3 is 0 Å². The number of methoxy groups -OCH3 is 1. The fourth-order valence-electron chi connectivity index (χ4n) is 1.15. The molecule has 0 aromatic heterocycles. The number of aliphatic hydroxyl groups excluding tert-OH is 1. The van der Waals surface area contributed by atoms with Gasteiger partial charge in [0.25, 0.3) is 0 Å². The molecule has 1 saturated heterocycles. The second kappa shape index (κ2) is 5.48. The second-order valence-corrected chi connectivity index (χ2v) is 2.84. The first-order chi connectivity index (χ1) is 5.86. The van der Waals surface area contributed by atoms with Crippen LogP contribution < -0.4 is 0 Å². The van der Waals surface area contributed by atoms with Crippen molar-refractivity contribution in [3.05, 3.63) is 0 Å². The van der Waals surface area contributed by atoms with Crippen molar-refractivity contribution in [1.82, 2.24) is 0 Å². The fourth-order valence-corrected chi connectivity index (χ4v) is 1.15. The van der Waals surface area contributed by atoms with Crippen LogP contribution in [0.5, 0.6) is 0 Å². The first kappa shape index (κ1) is 9.92. The van der Waals surface area contributed by atoms with Gasteiger partial charge in [0.2, 0.25) is 0 Å². The molecule has 0 aromatic carbocycles. The first-order valence-corrected chi connectivity index (χ1v) is 4.23.